The van der Waals surface area contributed by atoms with Crippen molar-refractivity contribution in [2.75, 3.05) is 19.7 Å². The molecule has 1 spiro atoms. The molecule has 2 aliphatic rings. The lowest BCUT2D eigenvalue weighted by Crippen LogP contribution is -2.51. The molecule has 0 bridgehead atoms. The third-order valence-electron chi connectivity index (χ3n) is 3.58. The van der Waals surface area contributed by atoms with Gasteiger partial charge in [-0.25, -0.2) is 0 Å². The average Bonchev–Trinajstić information content (AvgIpc) is 2.48. The van der Waals surface area contributed by atoms with Crippen LogP contribution in [0.25, 0.3) is 0 Å². The molecule has 1 amide bonds. The average molecular weight is 198 g/mol. The highest BCUT2D eigenvalue weighted by atomic mass is 16.5. The number of carbonyl (C=O) groups excluding carboxylic acids is 1. The lowest BCUT2D eigenvalue weighted by Gasteiger charge is -2.47. The Hall–Kier alpha value is -0.610. The van der Waals surface area contributed by atoms with Gasteiger partial charge in [-0.2, -0.15) is 0 Å². The van der Waals surface area contributed by atoms with Gasteiger partial charge < -0.3 is 15.8 Å². The number of rotatable bonds is 3. The Balaban J connectivity index is 1.95. The van der Waals surface area contributed by atoms with Gasteiger partial charge in [0, 0.05) is 25.1 Å². The van der Waals surface area contributed by atoms with Gasteiger partial charge in [0.2, 0.25) is 5.91 Å². The van der Waals surface area contributed by atoms with Crippen molar-refractivity contribution >= 4 is 5.91 Å². The predicted molar refractivity (Wildman–Crippen MR) is 52.6 cm³/mol. The molecule has 1 heterocycles. The van der Waals surface area contributed by atoms with Crippen molar-refractivity contribution in [1.82, 2.24) is 5.32 Å². The second-order valence-electron chi connectivity index (χ2n) is 4.43. The smallest absolute Gasteiger partial charge is 0.222 e. The first-order valence-electron chi connectivity index (χ1n) is 5.29. The summed E-state index contributed by atoms with van der Waals surface area (Å²) >= 11 is 0. The minimum atomic E-state index is -0.162. The SMILES string of the molecule is CCOC1CC2(CNCC2C(N)=O)C1. The quantitative estimate of drug-likeness (QED) is 0.664. The summed E-state index contributed by atoms with van der Waals surface area (Å²) in [6.45, 7) is 4.43. The van der Waals surface area contributed by atoms with Crippen LogP contribution in [0.1, 0.15) is 19.8 Å². The highest BCUT2D eigenvalue weighted by Gasteiger charge is 2.54. The van der Waals surface area contributed by atoms with Crippen molar-refractivity contribution in [1.29, 1.82) is 0 Å². The molecule has 1 saturated heterocycles. The summed E-state index contributed by atoms with van der Waals surface area (Å²) < 4.78 is 5.51. The van der Waals surface area contributed by atoms with Gasteiger partial charge >= 0.3 is 0 Å². The summed E-state index contributed by atoms with van der Waals surface area (Å²) in [5.74, 6) is -0.149. The van der Waals surface area contributed by atoms with Crippen molar-refractivity contribution in [3.8, 4) is 0 Å². The van der Waals surface area contributed by atoms with E-state index in [1.807, 2.05) is 6.92 Å². The van der Waals surface area contributed by atoms with Crippen molar-refractivity contribution in [2.45, 2.75) is 25.9 Å². The van der Waals surface area contributed by atoms with Gasteiger partial charge in [0.1, 0.15) is 0 Å². The number of nitrogens with one attached hydrogen (secondary N) is 1. The monoisotopic (exact) mass is 198 g/mol. The predicted octanol–water partition coefficient (Wildman–Crippen LogP) is -0.124. The van der Waals surface area contributed by atoms with E-state index in [0.717, 1.165) is 32.5 Å². The third kappa shape index (κ3) is 1.42. The minimum absolute atomic E-state index is 0.0132. The highest BCUT2D eigenvalue weighted by Crippen LogP contribution is 2.50. The summed E-state index contributed by atoms with van der Waals surface area (Å²) in [7, 11) is 0. The molecule has 1 atom stereocenters. The van der Waals surface area contributed by atoms with Crippen molar-refractivity contribution in [2.24, 2.45) is 17.1 Å². The van der Waals surface area contributed by atoms with Crippen molar-refractivity contribution in [3.63, 3.8) is 0 Å². The number of hydrogen-bond acceptors (Lipinski definition) is 3. The Morgan fingerprint density at radius 2 is 2.36 bits per heavy atom. The van der Waals surface area contributed by atoms with Gasteiger partial charge in [0.15, 0.2) is 0 Å². The van der Waals surface area contributed by atoms with Crippen LogP contribution >= 0.6 is 0 Å². The molecule has 0 aromatic rings. The first kappa shape index (κ1) is 9.93. The fourth-order valence-corrected chi connectivity index (χ4v) is 2.84. The van der Waals surface area contributed by atoms with E-state index in [4.69, 9.17) is 10.5 Å². The van der Waals surface area contributed by atoms with E-state index in [2.05, 4.69) is 5.32 Å². The molecule has 2 rings (SSSR count). The van der Waals surface area contributed by atoms with Gasteiger partial charge in [-0.05, 0) is 19.8 Å². The molecule has 0 radical (unpaired) electrons. The van der Waals surface area contributed by atoms with Gasteiger partial charge in [-0.15, -0.1) is 0 Å². The molecule has 0 aromatic carbocycles. The van der Waals surface area contributed by atoms with Crippen LogP contribution < -0.4 is 11.1 Å². The van der Waals surface area contributed by atoms with E-state index >= 15 is 0 Å². The Bertz CT molecular complexity index is 236. The number of hydrogen-bond donors (Lipinski definition) is 2. The van der Waals surface area contributed by atoms with Crippen LogP contribution in [-0.2, 0) is 9.53 Å². The second-order valence-corrected chi connectivity index (χ2v) is 4.43. The van der Waals surface area contributed by atoms with Gasteiger partial charge in [-0.1, -0.05) is 0 Å². The van der Waals surface area contributed by atoms with E-state index in [-0.39, 0.29) is 17.2 Å². The maximum atomic E-state index is 11.2. The Kier molecular flexibility index (Phi) is 2.49. The van der Waals surface area contributed by atoms with E-state index in [1.54, 1.807) is 0 Å². The fourth-order valence-electron chi connectivity index (χ4n) is 2.84. The minimum Gasteiger partial charge on any atom is -0.378 e. The first-order chi connectivity index (χ1) is 6.68. The standard InChI is InChI=1S/C10H18N2O2/c1-2-14-7-3-10(4-7)6-12-5-8(10)9(11)13/h7-8,12H,2-6H2,1H3,(H2,11,13). The van der Waals surface area contributed by atoms with E-state index in [1.165, 1.54) is 0 Å². The van der Waals surface area contributed by atoms with Crippen LogP contribution in [-0.4, -0.2) is 31.7 Å². The number of nitrogens with two attached hydrogens (primary N) is 1. The van der Waals surface area contributed by atoms with Crippen LogP contribution in [0.3, 0.4) is 0 Å². The number of ether oxygens (including phenoxy) is 1. The largest absolute Gasteiger partial charge is 0.378 e. The second kappa shape index (κ2) is 3.51. The number of carbonyl (C=O) groups is 1. The van der Waals surface area contributed by atoms with Crippen LogP contribution in [0.4, 0.5) is 0 Å². The normalized spacial score (nSPS) is 41.2. The van der Waals surface area contributed by atoms with Gasteiger partial charge in [-0.3, -0.25) is 4.79 Å². The summed E-state index contributed by atoms with van der Waals surface area (Å²) in [5.41, 5.74) is 5.50. The Morgan fingerprint density at radius 3 is 2.93 bits per heavy atom. The summed E-state index contributed by atoms with van der Waals surface area (Å²) in [6.07, 6.45) is 2.32. The molecule has 1 saturated carbocycles. The zero-order chi connectivity index (χ0) is 10.2. The summed E-state index contributed by atoms with van der Waals surface area (Å²) in [5, 5.41) is 3.25. The van der Waals surface area contributed by atoms with Crippen molar-refractivity contribution < 1.29 is 9.53 Å². The van der Waals surface area contributed by atoms with Crippen LogP contribution in [0, 0.1) is 11.3 Å². The molecular weight excluding hydrogens is 180 g/mol. The molecule has 2 fully saturated rings. The summed E-state index contributed by atoms with van der Waals surface area (Å²) in [6, 6.07) is 0. The molecule has 14 heavy (non-hydrogen) atoms. The maximum absolute atomic E-state index is 11.2. The summed E-state index contributed by atoms with van der Waals surface area (Å²) in [4.78, 5) is 11.2. The molecule has 0 aromatic heterocycles. The van der Waals surface area contributed by atoms with Crippen LogP contribution in [0.2, 0.25) is 0 Å². The lowest BCUT2D eigenvalue weighted by molar-refractivity contribution is -0.134. The van der Waals surface area contributed by atoms with Gasteiger partial charge in [0.25, 0.3) is 0 Å². The van der Waals surface area contributed by atoms with E-state index in [9.17, 15) is 4.79 Å². The highest BCUT2D eigenvalue weighted by molar-refractivity contribution is 5.78. The fraction of sp³-hybridized carbons (Fsp3) is 0.900. The molecule has 3 N–H and O–H groups in total. The van der Waals surface area contributed by atoms with Crippen LogP contribution in [0.5, 0.6) is 0 Å². The zero-order valence-electron chi connectivity index (χ0n) is 8.58. The molecular formula is C10H18N2O2. The molecule has 4 heteroatoms. The lowest BCUT2D eigenvalue weighted by atomic mass is 9.61. The topological polar surface area (TPSA) is 64.3 Å². The maximum Gasteiger partial charge on any atom is 0.222 e. The van der Waals surface area contributed by atoms with E-state index in [0.29, 0.717) is 6.10 Å². The number of amides is 1. The van der Waals surface area contributed by atoms with Gasteiger partial charge in [0.05, 0.1) is 12.0 Å². The first-order valence-corrected chi connectivity index (χ1v) is 5.29. The zero-order valence-corrected chi connectivity index (χ0v) is 8.58. The van der Waals surface area contributed by atoms with Crippen molar-refractivity contribution in [3.05, 3.63) is 0 Å². The van der Waals surface area contributed by atoms with E-state index < -0.39 is 0 Å². The molecule has 80 valence electrons. The van der Waals surface area contributed by atoms with Crippen LogP contribution in [0.15, 0.2) is 0 Å². The molecule has 4 nitrogen and oxygen atoms in total. The number of primary amides is 1. The molecule has 1 aliphatic carbocycles. The Labute approximate surface area is 84.2 Å². The molecule has 1 unspecified atom stereocenters. The molecule has 1 aliphatic heterocycles. The third-order valence-corrected chi connectivity index (χ3v) is 3.58. The Morgan fingerprint density at radius 1 is 1.64 bits per heavy atom.